The predicted molar refractivity (Wildman–Crippen MR) is 124 cm³/mol. The third-order valence-electron chi connectivity index (χ3n) is 12.5. The molecule has 1 heterocycles. The average Bonchev–Trinajstić information content (AvgIpc) is 3.21. The fourth-order valence-electron chi connectivity index (χ4n) is 10.3. The molecule has 4 unspecified atom stereocenters. The smallest absolute Gasteiger partial charge is 0.334 e. The summed E-state index contributed by atoms with van der Waals surface area (Å²) >= 11 is 0. The lowest BCUT2D eigenvalue weighted by Gasteiger charge is -2.72. The summed E-state index contributed by atoms with van der Waals surface area (Å²) in [6.45, 7) is 9.32. The van der Waals surface area contributed by atoms with Gasteiger partial charge < -0.3 is 20.1 Å². The molecule has 11 atom stereocenters. The fraction of sp³-hybridized carbons (Fsp3) is 0.786. The van der Waals surface area contributed by atoms with Crippen LogP contribution in [0.4, 0.5) is 0 Å². The Kier molecular flexibility index (Phi) is 4.34. The monoisotopic (exact) mass is 470 g/mol. The summed E-state index contributed by atoms with van der Waals surface area (Å²) in [7, 11) is 0. The Labute approximate surface area is 201 Å². The molecule has 0 aromatic carbocycles. The molecule has 0 aromatic heterocycles. The van der Waals surface area contributed by atoms with Crippen molar-refractivity contribution < 1.29 is 29.6 Å². The normalized spacial score (nSPS) is 58.0. The summed E-state index contributed by atoms with van der Waals surface area (Å²) in [5, 5.41) is 37.0. The molecule has 1 spiro atoms. The van der Waals surface area contributed by atoms with Crippen molar-refractivity contribution in [2.45, 2.75) is 96.1 Å². The summed E-state index contributed by atoms with van der Waals surface area (Å²) in [6.07, 6.45) is 6.66. The molecule has 0 amide bonds. The van der Waals surface area contributed by atoms with E-state index in [1.165, 1.54) is 0 Å². The van der Waals surface area contributed by atoms with Gasteiger partial charge in [0, 0.05) is 22.3 Å². The van der Waals surface area contributed by atoms with Crippen molar-refractivity contribution in [1.82, 2.24) is 0 Å². The van der Waals surface area contributed by atoms with Gasteiger partial charge in [-0.25, -0.2) is 4.79 Å². The van der Waals surface area contributed by atoms with Crippen molar-refractivity contribution in [2.24, 2.45) is 40.4 Å². The molecular formula is C28H38O6. The van der Waals surface area contributed by atoms with E-state index < -0.39 is 45.6 Å². The number of aliphatic hydroxyl groups is 3. The van der Waals surface area contributed by atoms with Crippen molar-refractivity contribution in [1.29, 1.82) is 0 Å². The molecule has 6 aliphatic rings. The third kappa shape index (κ3) is 2.02. The maximum absolute atomic E-state index is 13.5. The van der Waals surface area contributed by atoms with Crippen LogP contribution in [0.5, 0.6) is 0 Å². The number of hydrogen-bond donors (Lipinski definition) is 3. The number of esters is 1. The molecule has 6 heteroatoms. The van der Waals surface area contributed by atoms with Gasteiger partial charge in [0.05, 0.1) is 5.60 Å². The van der Waals surface area contributed by atoms with Gasteiger partial charge in [0.1, 0.15) is 11.7 Å². The molecule has 34 heavy (non-hydrogen) atoms. The van der Waals surface area contributed by atoms with E-state index in [1.807, 2.05) is 19.9 Å². The number of rotatable bonds is 0. The van der Waals surface area contributed by atoms with Crippen LogP contribution < -0.4 is 0 Å². The molecule has 5 aliphatic carbocycles. The first-order valence-corrected chi connectivity index (χ1v) is 13.1. The standard InChI is InChI=1S/C28H38O6/c1-14-15(2)28(34-23(14)31)22(30)16(3)26(32)12-11-19-18-10-9-17-7-6-8-21(29)24(17,4)20(18)13-27(28,33)25(19,26)5/h6,8,16-20,22,30,32-33H,7,9-13H2,1-5H3/t16-,17?,18?,19?,20?,22-,24+,25+,26-,27-,28+/m1/s1. The molecule has 3 N–H and O–H groups in total. The lowest BCUT2D eigenvalue weighted by atomic mass is 9.35. The molecule has 6 nitrogen and oxygen atoms in total. The highest BCUT2D eigenvalue weighted by Gasteiger charge is 2.85. The topological polar surface area (TPSA) is 104 Å². The molecule has 4 saturated carbocycles. The van der Waals surface area contributed by atoms with Crippen LogP contribution in [0.3, 0.4) is 0 Å². The first-order valence-electron chi connectivity index (χ1n) is 13.1. The van der Waals surface area contributed by atoms with Gasteiger partial charge in [-0.15, -0.1) is 0 Å². The minimum absolute atomic E-state index is 0.0306. The van der Waals surface area contributed by atoms with Gasteiger partial charge in [0.15, 0.2) is 11.4 Å². The second-order valence-electron chi connectivity index (χ2n) is 12.8. The maximum Gasteiger partial charge on any atom is 0.334 e. The van der Waals surface area contributed by atoms with E-state index in [0.717, 1.165) is 25.7 Å². The van der Waals surface area contributed by atoms with E-state index in [4.69, 9.17) is 4.74 Å². The van der Waals surface area contributed by atoms with E-state index in [-0.39, 0.29) is 35.9 Å². The Morgan fingerprint density at radius 3 is 2.41 bits per heavy atom. The molecule has 0 saturated heterocycles. The Hall–Kier alpha value is -1.50. The van der Waals surface area contributed by atoms with Crippen LogP contribution >= 0.6 is 0 Å². The Morgan fingerprint density at radius 1 is 1.06 bits per heavy atom. The summed E-state index contributed by atoms with van der Waals surface area (Å²) in [4.78, 5) is 26.3. The average molecular weight is 471 g/mol. The number of fused-ring (bicyclic) bond motifs is 5. The first kappa shape index (κ1) is 22.9. The van der Waals surface area contributed by atoms with Crippen molar-refractivity contribution >= 4 is 11.8 Å². The fourth-order valence-corrected chi connectivity index (χ4v) is 10.3. The highest BCUT2D eigenvalue weighted by atomic mass is 16.6. The predicted octanol–water partition coefficient (Wildman–Crippen LogP) is 3.09. The number of allylic oxidation sites excluding steroid dienone is 2. The van der Waals surface area contributed by atoms with Crippen molar-refractivity contribution in [3.05, 3.63) is 23.3 Å². The van der Waals surface area contributed by atoms with Crippen LogP contribution in [0.2, 0.25) is 0 Å². The zero-order valence-corrected chi connectivity index (χ0v) is 20.9. The van der Waals surface area contributed by atoms with E-state index in [2.05, 4.69) is 6.92 Å². The number of aliphatic hydroxyl groups excluding tert-OH is 1. The first-order chi connectivity index (χ1) is 15.8. The largest absolute Gasteiger partial charge is 0.445 e. The van der Waals surface area contributed by atoms with Gasteiger partial charge >= 0.3 is 5.97 Å². The van der Waals surface area contributed by atoms with E-state index in [1.54, 1.807) is 19.9 Å². The number of hydrogen-bond acceptors (Lipinski definition) is 6. The SMILES string of the molecule is CC1=C(C)[C@]2(OC1=O)[C@H](O)[C@@H](C)[C@]1(O)CCC3C4CCC5CC=CC(=O)[C@]5(C)C4C[C@@]2(O)[C@@]31C. The molecule has 6 rings (SSSR count). The number of carbonyl (C=O) groups is 2. The van der Waals surface area contributed by atoms with Gasteiger partial charge in [-0.3, -0.25) is 4.79 Å². The van der Waals surface area contributed by atoms with Crippen LogP contribution in [-0.2, 0) is 14.3 Å². The zero-order valence-electron chi connectivity index (χ0n) is 20.9. The van der Waals surface area contributed by atoms with E-state index in [9.17, 15) is 24.9 Å². The molecule has 0 radical (unpaired) electrons. The molecule has 1 aliphatic heterocycles. The summed E-state index contributed by atoms with van der Waals surface area (Å²) in [5.74, 6) is -0.725. The lowest BCUT2D eigenvalue weighted by molar-refractivity contribution is -0.359. The second-order valence-corrected chi connectivity index (χ2v) is 12.8. The van der Waals surface area contributed by atoms with Crippen LogP contribution in [0.25, 0.3) is 0 Å². The number of ether oxygens (including phenoxy) is 1. The van der Waals surface area contributed by atoms with Crippen LogP contribution in [0, 0.1) is 40.4 Å². The summed E-state index contributed by atoms with van der Waals surface area (Å²) in [5.41, 5.74) is -5.25. The minimum Gasteiger partial charge on any atom is -0.445 e. The van der Waals surface area contributed by atoms with Crippen LogP contribution in [0.15, 0.2) is 23.3 Å². The van der Waals surface area contributed by atoms with Crippen LogP contribution in [-0.4, -0.2) is 50.0 Å². The molecular weight excluding hydrogens is 432 g/mol. The van der Waals surface area contributed by atoms with Gasteiger partial charge in [0.2, 0.25) is 0 Å². The highest BCUT2D eigenvalue weighted by Crippen LogP contribution is 2.77. The van der Waals surface area contributed by atoms with Crippen molar-refractivity contribution in [2.75, 3.05) is 0 Å². The number of ketones is 1. The number of carbonyl (C=O) groups excluding carboxylic acids is 2. The van der Waals surface area contributed by atoms with Gasteiger partial charge in [-0.05, 0) is 87.7 Å². The third-order valence-corrected chi connectivity index (χ3v) is 12.5. The zero-order chi connectivity index (χ0) is 24.6. The van der Waals surface area contributed by atoms with E-state index in [0.29, 0.717) is 17.6 Å². The highest BCUT2D eigenvalue weighted by molar-refractivity contribution is 5.96. The van der Waals surface area contributed by atoms with Gasteiger partial charge in [-0.2, -0.15) is 0 Å². The summed E-state index contributed by atoms with van der Waals surface area (Å²) in [6, 6.07) is 0. The van der Waals surface area contributed by atoms with Gasteiger partial charge in [0.25, 0.3) is 0 Å². The van der Waals surface area contributed by atoms with Gasteiger partial charge in [-0.1, -0.05) is 26.8 Å². The van der Waals surface area contributed by atoms with Crippen molar-refractivity contribution in [3.63, 3.8) is 0 Å². The second kappa shape index (κ2) is 6.43. The lowest BCUT2D eigenvalue weighted by Crippen LogP contribution is -2.84. The molecule has 186 valence electrons. The van der Waals surface area contributed by atoms with E-state index >= 15 is 0 Å². The summed E-state index contributed by atoms with van der Waals surface area (Å²) < 4.78 is 6.06. The van der Waals surface area contributed by atoms with Crippen molar-refractivity contribution in [3.8, 4) is 0 Å². The molecule has 0 bridgehead atoms. The molecule has 4 fully saturated rings. The molecule has 0 aromatic rings. The minimum atomic E-state index is -1.70. The maximum atomic E-state index is 13.5. The van der Waals surface area contributed by atoms with Crippen LogP contribution in [0.1, 0.15) is 73.1 Å². The Morgan fingerprint density at radius 2 is 1.76 bits per heavy atom. The Balaban J connectivity index is 1.62. The quantitative estimate of drug-likeness (QED) is 0.470. The Bertz CT molecular complexity index is 1060.